The van der Waals surface area contributed by atoms with Crippen LogP contribution in [0.1, 0.15) is 12.5 Å². The number of nitro benzene ring substituents is 1. The van der Waals surface area contributed by atoms with Crippen LogP contribution < -0.4 is 5.32 Å². The van der Waals surface area contributed by atoms with E-state index >= 15 is 0 Å². The van der Waals surface area contributed by atoms with Crippen molar-refractivity contribution in [2.45, 2.75) is 20.0 Å². The summed E-state index contributed by atoms with van der Waals surface area (Å²) in [5.41, 5.74) is 0.888. The van der Waals surface area contributed by atoms with Crippen LogP contribution >= 0.6 is 0 Å². The van der Waals surface area contributed by atoms with Crippen LogP contribution in [0.15, 0.2) is 30.6 Å². The van der Waals surface area contributed by atoms with Crippen LogP contribution in [0.3, 0.4) is 0 Å². The summed E-state index contributed by atoms with van der Waals surface area (Å²) in [4.78, 5) is 10.3. The zero-order chi connectivity index (χ0) is 13.8. The molecule has 0 bridgehead atoms. The second kappa shape index (κ2) is 5.47. The predicted octanol–water partition coefficient (Wildman–Crippen LogP) is 2.56. The molecule has 1 aromatic carbocycles. The number of nitro groups is 1. The lowest BCUT2D eigenvalue weighted by atomic mass is 10.2. The molecule has 0 fully saturated rings. The first-order valence-corrected chi connectivity index (χ1v) is 5.79. The van der Waals surface area contributed by atoms with Gasteiger partial charge in [-0.3, -0.25) is 14.8 Å². The second-order valence-corrected chi connectivity index (χ2v) is 3.98. The van der Waals surface area contributed by atoms with Crippen LogP contribution in [0.4, 0.5) is 15.8 Å². The van der Waals surface area contributed by atoms with Crippen LogP contribution in [-0.4, -0.2) is 14.7 Å². The van der Waals surface area contributed by atoms with E-state index in [4.69, 9.17) is 0 Å². The third kappa shape index (κ3) is 3.06. The Morgan fingerprint density at radius 2 is 2.32 bits per heavy atom. The summed E-state index contributed by atoms with van der Waals surface area (Å²) in [6.07, 6.45) is 3.50. The number of rotatable bonds is 5. The fourth-order valence-electron chi connectivity index (χ4n) is 1.68. The van der Waals surface area contributed by atoms with Crippen molar-refractivity contribution in [3.63, 3.8) is 0 Å². The van der Waals surface area contributed by atoms with Gasteiger partial charge >= 0.3 is 0 Å². The zero-order valence-electron chi connectivity index (χ0n) is 10.3. The number of nitrogens with zero attached hydrogens (tertiary/aromatic N) is 3. The van der Waals surface area contributed by atoms with Gasteiger partial charge in [0.15, 0.2) is 0 Å². The van der Waals surface area contributed by atoms with Gasteiger partial charge in [0.25, 0.3) is 5.69 Å². The van der Waals surface area contributed by atoms with Crippen molar-refractivity contribution < 1.29 is 9.31 Å². The number of aromatic nitrogens is 2. The quantitative estimate of drug-likeness (QED) is 0.665. The van der Waals surface area contributed by atoms with Crippen LogP contribution in [-0.2, 0) is 13.1 Å². The average Bonchev–Trinajstić information content (AvgIpc) is 2.84. The molecule has 1 aromatic heterocycles. The largest absolute Gasteiger partial charge is 0.375 e. The molecule has 100 valence electrons. The highest BCUT2D eigenvalue weighted by Crippen LogP contribution is 2.25. The maximum Gasteiger partial charge on any atom is 0.292 e. The molecule has 0 amide bonds. The molecule has 6 nitrogen and oxygen atoms in total. The molecular formula is C12H13FN4O2. The minimum atomic E-state index is -0.544. The Balaban J connectivity index is 2.14. The number of hydrogen-bond acceptors (Lipinski definition) is 4. The fraction of sp³-hybridized carbons (Fsp3) is 0.250. The normalized spacial score (nSPS) is 10.4. The van der Waals surface area contributed by atoms with Crippen molar-refractivity contribution in [2.75, 3.05) is 5.32 Å². The lowest BCUT2D eigenvalue weighted by molar-refractivity contribution is -0.384. The fourth-order valence-corrected chi connectivity index (χ4v) is 1.68. The zero-order valence-corrected chi connectivity index (χ0v) is 10.3. The molecule has 19 heavy (non-hydrogen) atoms. The smallest absolute Gasteiger partial charge is 0.292 e. The predicted molar refractivity (Wildman–Crippen MR) is 68.3 cm³/mol. The third-order valence-corrected chi connectivity index (χ3v) is 2.65. The Bertz CT molecular complexity index is 597. The summed E-state index contributed by atoms with van der Waals surface area (Å²) < 4.78 is 14.9. The van der Waals surface area contributed by atoms with E-state index in [1.165, 1.54) is 0 Å². The summed E-state index contributed by atoms with van der Waals surface area (Å²) in [6, 6.07) is 3.33. The summed E-state index contributed by atoms with van der Waals surface area (Å²) in [7, 11) is 0. The molecular weight excluding hydrogens is 251 g/mol. The highest BCUT2D eigenvalue weighted by Gasteiger charge is 2.14. The van der Waals surface area contributed by atoms with Gasteiger partial charge in [-0.25, -0.2) is 4.39 Å². The monoisotopic (exact) mass is 264 g/mol. The molecule has 0 saturated carbocycles. The maximum atomic E-state index is 13.1. The van der Waals surface area contributed by atoms with Crippen molar-refractivity contribution >= 4 is 11.4 Å². The minimum absolute atomic E-state index is 0.149. The van der Waals surface area contributed by atoms with Gasteiger partial charge in [0.1, 0.15) is 11.5 Å². The number of aryl methyl sites for hydroxylation is 1. The molecule has 0 saturated heterocycles. The van der Waals surface area contributed by atoms with Crippen molar-refractivity contribution in [1.82, 2.24) is 9.78 Å². The first-order chi connectivity index (χ1) is 9.10. The summed E-state index contributed by atoms with van der Waals surface area (Å²) >= 11 is 0. The minimum Gasteiger partial charge on any atom is -0.375 e. The van der Waals surface area contributed by atoms with E-state index in [1.807, 2.05) is 13.1 Å². The van der Waals surface area contributed by atoms with Crippen LogP contribution in [0.25, 0.3) is 0 Å². The standard InChI is InChI=1S/C12H13FN4O2/c1-2-16-8-9(7-15-16)6-14-11-5-10(13)3-4-12(11)17(18)19/h3-5,7-8,14H,2,6H2,1H3. The highest BCUT2D eigenvalue weighted by atomic mass is 19.1. The van der Waals surface area contributed by atoms with E-state index in [9.17, 15) is 14.5 Å². The van der Waals surface area contributed by atoms with E-state index < -0.39 is 10.7 Å². The van der Waals surface area contributed by atoms with Gasteiger partial charge in [0.2, 0.25) is 0 Å². The van der Waals surface area contributed by atoms with E-state index in [0.717, 1.165) is 30.3 Å². The molecule has 0 spiro atoms. The Kier molecular flexibility index (Phi) is 3.74. The van der Waals surface area contributed by atoms with Gasteiger partial charge in [-0.15, -0.1) is 0 Å². The molecule has 1 heterocycles. The Labute approximate surface area is 109 Å². The number of hydrogen-bond donors (Lipinski definition) is 1. The number of nitrogens with one attached hydrogen (secondary N) is 1. The molecule has 0 radical (unpaired) electrons. The van der Waals surface area contributed by atoms with Crippen molar-refractivity contribution in [2.24, 2.45) is 0 Å². The summed E-state index contributed by atoms with van der Waals surface area (Å²) in [5, 5.41) is 17.8. The molecule has 1 N–H and O–H groups in total. The topological polar surface area (TPSA) is 73.0 Å². The van der Waals surface area contributed by atoms with E-state index in [1.54, 1.807) is 10.9 Å². The summed E-state index contributed by atoms with van der Waals surface area (Å²) in [6.45, 7) is 3.06. The molecule has 2 aromatic rings. The molecule has 2 rings (SSSR count). The van der Waals surface area contributed by atoms with Crippen LogP contribution in [0, 0.1) is 15.9 Å². The molecule has 0 aliphatic rings. The van der Waals surface area contributed by atoms with Gasteiger partial charge < -0.3 is 5.32 Å². The van der Waals surface area contributed by atoms with Gasteiger partial charge in [-0.2, -0.15) is 5.10 Å². The van der Waals surface area contributed by atoms with Gasteiger partial charge in [-0.05, 0) is 13.0 Å². The number of anilines is 1. The van der Waals surface area contributed by atoms with E-state index in [-0.39, 0.29) is 11.4 Å². The molecule has 0 unspecified atom stereocenters. The molecule has 0 atom stereocenters. The maximum absolute atomic E-state index is 13.1. The van der Waals surface area contributed by atoms with Crippen LogP contribution in [0.5, 0.6) is 0 Å². The lowest BCUT2D eigenvalue weighted by Gasteiger charge is -2.05. The Morgan fingerprint density at radius 1 is 1.53 bits per heavy atom. The second-order valence-electron chi connectivity index (χ2n) is 3.98. The number of benzene rings is 1. The lowest BCUT2D eigenvalue weighted by Crippen LogP contribution is -2.02. The van der Waals surface area contributed by atoms with Crippen molar-refractivity contribution in [3.05, 3.63) is 52.1 Å². The average molecular weight is 264 g/mol. The Morgan fingerprint density at radius 3 is 2.95 bits per heavy atom. The van der Waals surface area contributed by atoms with E-state index in [0.29, 0.717) is 6.54 Å². The van der Waals surface area contributed by atoms with Crippen molar-refractivity contribution in [1.29, 1.82) is 0 Å². The third-order valence-electron chi connectivity index (χ3n) is 2.65. The molecule has 0 aliphatic heterocycles. The van der Waals surface area contributed by atoms with E-state index in [2.05, 4.69) is 10.4 Å². The molecule has 0 aliphatic carbocycles. The first-order valence-electron chi connectivity index (χ1n) is 5.79. The number of halogens is 1. The highest BCUT2D eigenvalue weighted by molar-refractivity contribution is 5.61. The molecule has 7 heteroatoms. The van der Waals surface area contributed by atoms with Gasteiger partial charge in [0, 0.05) is 37.0 Å². The first kappa shape index (κ1) is 13.0. The van der Waals surface area contributed by atoms with Crippen LogP contribution in [0.2, 0.25) is 0 Å². The van der Waals surface area contributed by atoms with Gasteiger partial charge in [-0.1, -0.05) is 0 Å². The van der Waals surface area contributed by atoms with Gasteiger partial charge in [0.05, 0.1) is 11.1 Å². The van der Waals surface area contributed by atoms with Crippen molar-refractivity contribution in [3.8, 4) is 0 Å². The summed E-state index contributed by atoms with van der Waals surface area (Å²) in [5.74, 6) is -0.516. The SMILES string of the molecule is CCn1cc(CNc2cc(F)ccc2[N+](=O)[O-])cn1. The Hall–Kier alpha value is -2.44.